The molecule has 0 aliphatic rings. The normalized spacial score (nSPS) is 11.4. The molecular weight excluding hydrogens is 593 g/mol. The predicted molar refractivity (Wildman–Crippen MR) is 198 cm³/mol. The molecule has 0 aliphatic heterocycles. The molecule has 9 aromatic rings. The first-order valence-electron chi connectivity index (χ1n) is 15.7. The maximum atomic E-state index is 6.50. The summed E-state index contributed by atoms with van der Waals surface area (Å²) in [6.07, 6.45) is 0. The van der Waals surface area contributed by atoms with Crippen LogP contribution in [0.3, 0.4) is 0 Å². The number of fused-ring (bicyclic) bond motifs is 5. The lowest BCUT2D eigenvalue weighted by Crippen LogP contribution is -2.09. The average molecular weight is 621 g/mol. The van der Waals surface area contributed by atoms with Crippen molar-refractivity contribution in [2.75, 3.05) is 4.90 Å². The Balaban J connectivity index is 1.16. The SMILES string of the molecule is c1ccc(-c2ccc(N(c3ccccc3)c3ccc(-c4cc5nc(-c6ccccc6)oc5c5c4sc4ccccc45)cc3)cc2)cc1. The Bertz CT molecular complexity index is 2480. The van der Waals surface area contributed by atoms with E-state index >= 15 is 0 Å². The Hall–Kier alpha value is -5.97. The minimum atomic E-state index is 0.640. The summed E-state index contributed by atoms with van der Waals surface area (Å²) in [6.45, 7) is 0. The van der Waals surface area contributed by atoms with Gasteiger partial charge in [-0.05, 0) is 77.4 Å². The number of anilines is 3. The first kappa shape index (κ1) is 27.3. The highest BCUT2D eigenvalue weighted by molar-refractivity contribution is 7.26. The fourth-order valence-electron chi connectivity index (χ4n) is 6.44. The highest BCUT2D eigenvalue weighted by Crippen LogP contribution is 2.45. The van der Waals surface area contributed by atoms with Gasteiger partial charge in [-0.25, -0.2) is 4.98 Å². The van der Waals surface area contributed by atoms with Crippen LogP contribution in [0.5, 0.6) is 0 Å². The van der Waals surface area contributed by atoms with Crippen molar-refractivity contribution in [1.82, 2.24) is 4.98 Å². The van der Waals surface area contributed by atoms with E-state index in [-0.39, 0.29) is 0 Å². The molecule has 222 valence electrons. The van der Waals surface area contributed by atoms with Crippen LogP contribution in [0, 0.1) is 0 Å². The largest absolute Gasteiger partial charge is 0.435 e. The molecule has 0 atom stereocenters. The number of aromatic nitrogens is 1. The Morgan fingerprint density at radius 3 is 1.70 bits per heavy atom. The summed E-state index contributed by atoms with van der Waals surface area (Å²) < 4.78 is 8.94. The fraction of sp³-hybridized carbons (Fsp3) is 0. The third-order valence-corrected chi connectivity index (χ3v) is 9.91. The lowest BCUT2D eigenvalue weighted by Gasteiger charge is -2.26. The van der Waals surface area contributed by atoms with E-state index in [9.17, 15) is 0 Å². The number of thiophene rings is 1. The van der Waals surface area contributed by atoms with Crippen molar-refractivity contribution in [1.29, 1.82) is 0 Å². The number of hydrogen-bond donors (Lipinski definition) is 0. The molecule has 3 nitrogen and oxygen atoms in total. The zero-order valence-electron chi connectivity index (χ0n) is 25.4. The van der Waals surface area contributed by atoms with Crippen LogP contribution in [-0.2, 0) is 0 Å². The molecule has 0 fully saturated rings. The second-order valence-electron chi connectivity index (χ2n) is 11.6. The van der Waals surface area contributed by atoms with Crippen molar-refractivity contribution in [3.8, 4) is 33.7 Å². The lowest BCUT2D eigenvalue weighted by atomic mass is 10.0. The van der Waals surface area contributed by atoms with E-state index in [1.807, 2.05) is 41.7 Å². The van der Waals surface area contributed by atoms with Crippen LogP contribution in [0.2, 0.25) is 0 Å². The van der Waals surface area contributed by atoms with Gasteiger partial charge in [-0.2, -0.15) is 0 Å². The minimum Gasteiger partial charge on any atom is -0.435 e. The van der Waals surface area contributed by atoms with Crippen LogP contribution in [0.4, 0.5) is 17.1 Å². The van der Waals surface area contributed by atoms with Crippen LogP contribution in [0.15, 0.2) is 174 Å². The van der Waals surface area contributed by atoms with Crippen LogP contribution in [0.25, 0.3) is 65.0 Å². The number of benzene rings is 7. The summed E-state index contributed by atoms with van der Waals surface area (Å²) in [7, 11) is 0. The van der Waals surface area contributed by atoms with Gasteiger partial charge in [-0.3, -0.25) is 0 Å². The Morgan fingerprint density at radius 2 is 1.02 bits per heavy atom. The zero-order chi connectivity index (χ0) is 31.2. The molecule has 0 saturated heterocycles. The van der Waals surface area contributed by atoms with E-state index in [0.717, 1.165) is 50.2 Å². The summed E-state index contributed by atoms with van der Waals surface area (Å²) in [6, 6.07) is 59.6. The number of rotatable bonds is 6. The van der Waals surface area contributed by atoms with E-state index in [4.69, 9.17) is 9.40 Å². The first-order chi connectivity index (χ1) is 23.3. The molecule has 0 bridgehead atoms. The van der Waals surface area contributed by atoms with Crippen molar-refractivity contribution in [3.63, 3.8) is 0 Å². The zero-order valence-corrected chi connectivity index (χ0v) is 26.2. The summed E-state index contributed by atoms with van der Waals surface area (Å²) in [4.78, 5) is 7.30. The maximum Gasteiger partial charge on any atom is 0.227 e. The average Bonchev–Trinajstić information content (AvgIpc) is 3.75. The van der Waals surface area contributed by atoms with Crippen molar-refractivity contribution >= 4 is 59.7 Å². The first-order valence-corrected chi connectivity index (χ1v) is 16.5. The molecular formula is C43H28N2OS. The lowest BCUT2D eigenvalue weighted by molar-refractivity contribution is 0.623. The van der Waals surface area contributed by atoms with Gasteiger partial charge >= 0.3 is 0 Å². The van der Waals surface area contributed by atoms with Gasteiger partial charge in [0.2, 0.25) is 5.89 Å². The molecule has 47 heavy (non-hydrogen) atoms. The molecule has 0 saturated carbocycles. The molecule has 0 radical (unpaired) electrons. The molecule has 7 aromatic carbocycles. The quantitative estimate of drug-likeness (QED) is 0.185. The smallest absolute Gasteiger partial charge is 0.227 e. The van der Waals surface area contributed by atoms with Gasteiger partial charge < -0.3 is 9.32 Å². The van der Waals surface area contributed by atoms with Gasteiger partial charge in [0, 0.05) is 48.4 Å². The fourth-order valence-corrected chi connectivity index (χ4v) is 7.68. The van der Waals surface area contributed by atoms with Crippen molar-refractivity contribution in [2.45, 2.75) is 0 Å². The monoisotopic (exact) mass is 620 g/mol. The molecule has 2 heterocycles. The Morgan fingerprint density at radius 1 is 0.489 bits per heavy atom. The minimum absolute atomic E-state index is 0.640. The molecule has 2 aromatic heterocycles. The molecule has 0 aliphatic carbocycles. The summed E-state index contributed by atoms with van der Waals surface area (Å²) in [5, 5.41) is 2.32. The Labute approximate surface area is 276 Å². The summed E-state index contributed by atoms with van der Waals surface area (Å²) in [5.74, 6) is 0.640. The van der Waals surface area contributed by atoms with E-state index in [0.29, 0.717) is 5.89 Å². The van der Waals surface area contributed by atoms with E-state index in [1.165, 1.54) is 25.9 Å². The second-order valence-corrected chi connectivity index (χ2v) is 12.6. The number of oxazole rings is 1. The topological polar surface area (TPSA) is 29.3 Å². The van der Waals surface area contributed by atoms with Gasteiger partial charge in [0.05, 0.1) is 0 Å². The van der Waals surface area contributed by atoms with E-state index in [2.05, 4.69) is 144 Å². The van der Waals surface area contributed by atoms with Crippen LogP contribution in [0.1, 0.15) is 0 Å². The van der Waals surface area contributed by atoms with Gasteiger partial charge in [0.25, 0.3) is 0 Å². The maximum absolute atomic E-state index is 6.50. The highest BCUT2D eigenvalue weighted by Gasteiger charge is 2.20. The van der Waals surface area contributed by atoms with Crippen molar-refractivity contribution in [2.24, 2.45) is 0 Å². The van der Waals surface area contributed by atoms with Gasteiger partial charge in [0.15, 0.2) is 5.58 Å². The number of nitrogens with zero attached hydrogens (tertiary/aromatic N) is 2. The number of para-hydroxylation sites is 1. The summed E-state index contributed by atoms with van der Waals surface area (Å²) >= 11 is 1.81. The van der Waals surface area contributed by atoms with Gasteiger partial charge in [-0.1, -0.05) is 109 Å². The van der Waals surface area contributed by atoms with Crippen LogP contribution < -0.4 is 4.90 Å². The van der Waals surface area contributed by atoms with E-state index < -0.39 is 0 Å². The second kappa shape index (κ2) is 11.4. The molecule has 9 rings (SSSR count). The molecule has 0 unspecified atom stereocenters. The molecule has 4 heteroatoms. The predicted octanol–water partition coefficient (Wildman–Crippen LogP) is 12.7. The van der Waals surface area contributed by atoms with Crippen LogP contribution >= 0.6 is 11.3 Å². The van der Waals surface area contributed by atoms with Crippen molar-refractivity contribution in [3.05, 3.63) is 170 Å². The van der Waals surface area contributed by atoms with Crippen molar-refractivity contribution < 1.29 is 4.42 Å². The molecule has 0 N–H and O–H groups in total. The third-order valence-electron chi connectivity index (χ3n) is 8.71. The third kappa shape index (κ3) is 4.87. The number of hydrogen-bond acceptors (Lipinski definition) is 4. The van der Waals surface area contributed by atoms with E-state index in [1.54, 1.807) is 0 Å². The Kier molecular flexibility index (Phi) is 6.65. The highest BCUT2D eigenvalue weighted by atomic mass is 32.1. The van der Waals surface area contributed by atoms with Gasteiger partial charge in [-0.15, -0.1) is 11.3 Å². The standard InChI is InChI=1S/C43H28N2OS/c1-4-12-29(13-5-1)30-20-24-34(25-21-30)45(33-16-8-3-9-17-33)35-26-22-31(23-27-35)37-28-38-41(46-43(44-38)32-14-6-2-7-15-32)40-36-18-10-11-19-39(36)47-42(37)40/h1-28H. The summed E-state index contributed by atoms with van der Waals surface area (Å²) in [5.41, 5.74) is 10.7. The van der Waals surface area contributed by atoms with Gasteiger partial charge in [0.1, 0.15) is 5.52 Å². The molecule has 0 amide bonds. The van der Waals surface area contributed by atoms with Crippen LogP contribution in [-0.4, -0.2) is 4.98 Å². The molecule has 0 spiro atoms.